The number of amidine groups is 1. The zero-order valence-corrected chi connectivity index (χ0v) is 18.5. The molecule has 0 saturated heterocycles. The lowest BCUT2D eigenvalue weighted by molar-refractivity contribution is -0.522. The van der Waals surface area contributed by atoms with Gasteiger partial charge in [0.25, 0.3) is 5.69 Å². The van der Waals surface area contributed by atoms with Crippen LogP contribution in [0.2, 0.25) is 10.0 Å². The fraction of sp³-hybridized carbons (Fsp3) is 0.211. The smallest absolute Gasteiger partial charge is 0.417 e. The number of nitrogens with two attached hydrogens (primary N) is 1. The van der Waals surface area contributed by atoms with E-state index in [2.05, 4.69) is 9.37 Å². The van der Waals surface area contributed by atoms with Crippen molar-refractivity contribution in [2.45, 2.75) is 26.1 Å². The average Bonchev–Trinajstić information content (AvgIpc) is 3.05. The van der Waals surface area contributed by atoms with Crippen LogP contribution in [0.15, 0.2) is 46.2 Å². The Hall–Kier alpha value is -2.56. The first kappa shape index (κ1) is 23.1. The Morgan fingerprint density at radius 3 is 2.55 bits per heavy atom. The molecule has 1 heterocycles. The number of aromatic amines is 1. The van der Waals surface area contributed by atoms with Crippen molar-refractivity contribution >= 4 is 40.8 Å². The van der Waals surface area contributed by atoms with Gasteiger partial charge in [0.05, 0.1) is 15.6 Å². The van der Waals surface area contributed by atoms with Gasteiger partial charge < -0.3 is 10.5 Å². The van der Waals surface area contributed by atoms with E-state index in [1.54, 1.807) is 6.07 Å². The molecule has 3 rings (SSSR count). The van der Waals surface area contributed by atoms with Crippen molar-refractivity contribution in [1.29, 1.82) is 0 Å². The third-order valence-corrected chi connectivity index (χ3v) is 5.46. The van der Waals surface area contributed by atoms with E-state index in [4.69, 9.17) is 33.7 Å². The van der Waals surface area contributed by atoms with Crippen LogP contribution in [0.5, 0.6) is 11.5 Å². The average molecular weight is 492 g/mol. The van der Waals surface area contributed by atoms with Crippen molar-refractivity contribution in [3.05, 3.63) is 68.1 Å². The van der Waals surface area contributed by atoms with Crippen LogP contribution in [-0.2, 0) is 6.18 Å². The predicted molar refractivity (Wildman–Crippen MR) is 114 cm³/mol. The molecule has 31 heavy (non-hydrogen) atoms. The number of benzene rings is 2. The van der Waals surface area contributed by atoms with Gasteiger partial charge in [-0.2, -0.15) is 17.5 Å². The van der Waals surface area contributed by atoms with Crippen LogP contribution < -0.4 is 20.0 Å². The van der Waals surface area contributed by atoms with Crippen LogP contribution in [0.25, 0.3) is 5.69 Å². The van der Waals surface area contributed by atoms with Crippen LogP contribution in [-0.4, -0.2) is 16.3 Å². The Labute approximate surface area is 189 Å². The van der Waals surface area contributed by atoms with Crippen LogP contribution in [0.4, 0.5) is 13.2 Å². The van der Waals surface area contributed by atoms with Gasteiger partial charge in [-0.05, 0) is 38.1 Å². The largest absolute Gasteiger partial charge is 0.454 e. The Morgan fingerprint density at radius 1 is 1.23 bits per heavy atom. The summed E-state index contributed by atoms with van der Waals surface area (Å²) >= 11 is 13.1. The molecule has 164 valence electrons. The summed E-state index contributed by atoms with van der Waals surface area (Å²) in [6.45, 7) is 3.64. The Bertz CT molecular complexity index is 1210. The third-order valence-electron chi connectivity index (χ3n) is 3.93. The van der Waals surface area contributed by atoms with E-state index >= 15 is 0 Å². The summed E-state index contributed by atoms with van der Waals surface area (Å²) in [4.78, 5) is 16.4. The molecule has 2 aromatic carbocycles. The molecule has 0 radical (unpaired) electrons. The van der Waals surface area contributed by atoms with Gasteiger partial charge in [-0.1, -0.05) is 29.3 Å². The Kier molecular flexibility index (Phi) is 6.63. The number of aliphatic imine (C=N–C) groups is 1. The molecule has 1 aromatic heterocycles. The summed E-state index contributed by atoms with van der Waals surface area (Å²) < 4.78 is 48.8. The normalized spacial score (nSPS) is 12.5. The second-order valence-electron chi connectivity index (χ2n) is 6.61. The van der Waals surface area contributed by atoms with E-state index in [-0.39, 0.29) is 34.1 Å². The van der Waals surface area contributed by atoms with Gasteiger partial charge in [0.1, 0.15) is 17.2 Å². The molecule has 3 N–H and O–H groups in total. The number of nitrogens with zero attached hydrogens (tertiary/aromatic N) is 2. The number of aromatic nitrogens is 2. The predicted octanol–water partition coefficient (Wildman–Crippen LogP) is 4.94. The first-order valence-electron chi connectivity index (χ1n) is 8.80. The monoisotopic (exact) mass is 491 g/mol. The van der Waals surface area contributed by atoms with Gasteiger partial charge >= 0.3 is 11.7 Å². The van der Waals surface area contributed by atoms with E-state index in [0.717, 1.165) is 17.8 Å². The number of alkyl halides is 3. The summed E-state index contributed by atoms with van der Waals surface area (Å²) in [5, 5.41) is -0.488. The minimum atomic E-state index is -4.62. The summed E-state index contributed by atoms with van der Waals surface area (Å²) in [6, 6.07) is 7.72. The van der Waals surface area contributed by atoms with E-state index in [1.165, 1.54) is 28.2 Å². The van der Waals surface area contributed by atoms with Crippen molar-refractivity contribution in [3.63, 3.8) is 0 Å². The van der Waals surface area contributed by atoms with Crippen molar-refractivity contribution in [2.75, 3.05) is 0 Å². The van der Waals surface area contributed by atoms with Gasteiger partial charge in [0.2, 0.25) is 11.7 Å². The second kappa shape index (κ2) is 8.89. The summed E-state index contributed by atoms with van der Waals surface area (Å²) in [6.07, 6.45) is -4.62. The van der Waals surface area contributed by atoms with Gasteiger partial charge in [0.15, 0.2) is 5.84 Å². The molecular weight excluding hydrogens is 476 g/mol. The number of ether oxygens (including phenoxy) is 1. The highest BCUT2D eigenvalue weighted by molar-refractivity contribution is 6.95. The number of nitrogens with one attached hydrogen (secondary N) is 1. The highest BCUT2D eigenvalue weighted by atomic mass is 35.5. The van der Waals surface area contributed by atoms with Crippen molar-refractivity contribution in [2.24, 2.45) is 10.7 Å². The van der Waals surface area contributed by atoms with Crippen molar-refractivity contribution < 1.29 is 21.9 Å². The molecule has 0 saturated carbocycles. The van der Waals surface area contributed by atoms with E-state index in [0.29, 0.717) is 5.69 Å². The molecule has 0 aliphatic heterocycles. The van der Waals surface area contributed by atoms with E-state index < -0.39 is 22.3 Å². The van der Waals surface area contributed by atoms with Crippen LogP contribution >= 0.6 is 34.9 Å². The minimum absolute atomic E-state index is 0.0599. The number of halogens is 5. The highest BCUT2D eigenvalue weighted by Crippen LogP contribution is 2.41. The lowest BCUT2D eigenvalue weighted by atomic mass is 10.2. The molecule has 0 atom stereocenters. The SMILES string of the molecule is CC(C)N=C(N)c1c(=O)[nH]s[n+]1-c1ccc(Oc2cccc(C(F)(F)F)c2Cl)c(Cl)c1. The lowest BCUT2D eigenvalue weighted by Gasteiger charge is -2.14. The van der Waals surface area contributed by atoms with E-state index in [1.807, 2.05) is 13.8 Å². The maximum absolute atomic E-state index is 13.1. The van der Waals surface area contributed by atoms with Crippen LogP contribution in [0.3, 0.4) is 0 Å². The molecule has 0 aliphatic rings. The molecule has 3 aromatic rings. The Morgan fingerprint density at radius 2 is 1.94 bits per heavy atom. The fourth-order valence-corrected chi connectivity index (χ4v) is 3.88. The zero-order valence-electron chi connectivity index (χ0n) is 16.1. The van der Waals surface area contributed by atoms with Gasteiger partial charge in [-0.25, -0.2) is 4.79 Å². The highest BCUT2D eigenvalue weighted by Gasteiger charge is 2.34. The number of hydrogen-bond acceptors (Lipinski definition) is 4. The van der Waals surface area contributed by atoms with Crippen molar-refractivity contribution in [3.8, 4) is 17.2 Å². The molecule has 0 bridgehead atoms. The standard InChI is InChI=1S/C19H15Cl2F3N4O2S/c1-9(2)26-17(25)16-18(29)27-31-28(16)10-6-7-13(12(20)8-10)30-14-5-3-4-11(15(14)21)19(22,23)24/h3-9H,1-2H3,(H2-,25,26,27,29)/p+1. The van der Waals surface area contributed by atoms with Crippen molar-refractivity contribution in [1.82, 2.24) is 4.37 Å². The first-order valence-corrected chi connectivity index (χ1v) is 10.3. The maximum atomic E-state index is 13.1. The van der Waals surface area contributed by atoms with Gasteiger partial charge in [-0.15, -0.1) is 3.96 Å². The second-order valence-corrected chi connectivity index (χ2v) is 8.14. The summed E-state index contributed by atoms with van der Waals surface area (Å²) in [5.74, 6) is -0.0516. The summed E-state index contributed by atoms with van der Waals surface area (Å²) in [5.41, 5.74) is 5.15. The molecule has 6 nitrogen and oxygen atoms in total. The maximum Gasteiger partial charge on any atom is 0.417 e. The van der Waals surface area contributed by atoms with E-state index in [9.17, 15) is 18.0 Å². The third kappa shape index (κ3) is 5.03. The topological polar surface area (TPSA) is 84.3 Å². The lowest BCUT2D eigenvalue weighted by Crippen LogP contribution is -2.40. The van der Waals surface area contributed by atoms with Gasteiger partial charge in [-0.3, -0.25) is 4.99 Å². The van der Waals surface area contributed by atoms with Crippen LogP contribution in [0, 0.1) is 0 Å². The fourth-order valence-electron chi connectivity index (χ4n) is 2.64. The van der Waals surface area contributed by atoms with Gasteiger partial charge in [0, 0.05) is 12.1 Å². The summed E-state index contributed by atoms with van der Waals surface area (Å²) in [7, 11) is 0. The molecule has 0 amide bonds. The number of rotatable bonds is 5. The molecule has 0 aliphatic carbocycles. The first-order chi connectivity index (χ1) is 14.5. The number of hydrogen-bond donors (Lipinski definition) is 2. The molecule has 0 spiro atoms. The van der Waals surface area contributed by atoms with Crippen LogP contribution in [0.1, 0.15) is 25.1 Å². The quantitative estimate of drug-likeness (QED) is 0.301. The Balaban J connectivity index is 1.97. The zero-order chi connectivity index (χ0) is 22.9. The molecular formula is C19H16Cl2F3N4O2S+. The number of H-pyrrole nitrogens is 1. The molecule has 12 heteroatoms. The molecule has 0 fully saturated rings. The minimum Gasteiger partial charge on any atom is -0.454 e. The molecule has 0 unspecified atom stereocenters.